The van der Waals surface area contributed by atoms with E-state index in [0.29, 0.717) is 16.6 Å². The predicted octanol–water partition coefficient (Wildman–Crippen LogP) is 0.548. The minimum atomic E-state index is 0. The third kappa shape index (κ3) is 7.87. The van der Waals surface area contributed by atoms with Gasteiger partial charge in [-0.1, -0.05) is 5.15 Å². The minimum absolute atomic E-state index is 0. The molecular weight excluding hydrogens is 608 g/mol. The van der Waals surface area contributed by atoms with E-state index in [1.165, 1.54) is 4.52 Å². The van der Waals surface area contributed by atoms with Gasteiger partial charge in [-0.15, -0.1) is 11.6 Å². The van der Waals surface area contributed by atoms with Crippen molar-refractivity contribution in [2.45, 2.75) is 0 Å². The van der Waals surface area contributed by atoms with E-state index in [1.807, 2.05) is 0 Å². The molecule has 0 fully saturated rings. The summed E-state index contributed by atoms with van der Waals surface area (Å²) < 4.78 is 1.33. The first-order chi connectivity index (χ1) is 5.27. The maximum absolute atomic E-state index is 5.71. The van der Waals surface area contributed by atoms with Crippen LogP contribution in [-0.2, 0) is 164 Å². The number of aromatic nitrogens is 4. The quantitative estimate of drug-likeness (QED) is 0.324. The summed E-state index contributed by atoms with van der Waals surface area (Å²) in [6, 6.07) is 2.68. The van der Waals surface area contributed by atoms with Crippen LogP contribution >= 0.6 is 11.6 Å². The molecule has 0 aliphatic heterocycles. The Hall–Kier alpha value is 4.23. The molecule has 10 heteroatoms. The van der Waals surface area contributed by atoms with Gasteiger partial charge in [-0.3, -0.25) is 10.8 Å². The van der Waals surface area contributed by atoms with Gasteiger partial charge in [-0.2, -0.15) is 0 Å². The Bertz CT molecular complexity index is 409. The normalized spacial score (nSPS) is 7.31. The first-order valence-corrected chi connectivity index (χ1v) is 3.19. The Morgan fingerprint density at radius 2 is 1.69 bits per heavy atom. The summed E-state index contributed by atoms with van der Waals surface area (Å²) in [5, 5.41) is 4.00. The molecule has 2 heterocycles. The molecule has 16 heavy (non-hydrogen) atoms. The fourth-order valence-electron chi connectivity index (χ4n) is 0.729. The first kappa shape index (κ1) is 28.4. The van der Waals surface area contributed by atoms with Crippen molar-refractivity contribution in [3.63, 3.8) is 0 Å². The Balaban J connectivity index is -0.000000144. The van der Waals surface area contributed by atoms with Gasteiger partial charge >= 0.3 is 0 Å². The molecule has 0 amide bonds. The summed E-state index contributed by atoms with van der Waals surface area (Å²) >= 11 is 5.71. The van der Waals surface area contributed by atoms with E-state index < -0.39 is 0 Å². The summed E-state index contributed by atoms with van der Waals surface area (Å²) in [5.41, 5.74) is 0.448. The Morgan fingerprint density at radius 3 is 2.25 bits per heavy atom. The second-order valence-electron chi connectivity index (χ2n) is 1.90. The number of rotatable bonds is 0. The number of halogens is 1. The maximum Gasteiger partial charge on any atom is 0.0838 e. The van der Waals surface area contributed by atoms with Gasteiger partial charge in [0.1, 0.15) is 0 Å². The monoisotopic (exact) mass is 610 g/mol. The van der Waals surface area contributed by atoms with Gasteiger partial charge in [0.15, 0.2) is 0 Å². The molecule has 0 aliphatic carbocycles. The molecule has 0 aliphatic rings. The fourth-order valence-corrected chi connectivity index (χ4v) is 0.951. The summed E-state index contributed by atoms with van der Waals surface area (Å²) in [6.07, 6.45) is 2.37. The third-order valence-corrected chi connectivity index (χ3v) is 1.41. The number of hydrogen-bond acceptors (Lipinski definition) is 3. The zero-order valence-electron chi connectivity index (χ0n) is 8.26. The van der Waals surface area contributed by atoms with Crippen LogP contribution in [0.2, 0.25) is 5.15 Å². The number of nitrogens with zero attached hydrogens (tertiary/aromatic N) is 4. The van der Waals surface area contributed by atoms with Gasteiger partial charge in [0.25, 0.3) is 0 Å². The van der Waals surface area contributed by atoms with Gasteiger partial charge in [0, 0.05) is 164 Å². The average Bonchev–Trinajstić information content (AvgIpc) is 2.34. The van der Waals surface area contributed by atoms with Crippen LogP contribution in [-0.4, -0.2) is 19.6 Å². The van der Waals surface area contributed by atoms with E-state index in [1.54, 1.807) is 0 Å². The van der Waals surface area contributed by atoms with Crippen LogP contribution in [0.25, 0.3) is 5.78 Å². The van der Waals surface area contributed by atoms with Crippen LogP contribution in [0.4, 0.5) is 0 Å². The Labute approximate surface area is 225 Å². The van der Waals surface area contributed by atoms with E-state index >= 15 is 0 Å². The fraction of sp³-hybridized carbons (Fsp3) is 0. The molecule has 0 spiro atoms. The number of hydrogen-bond donors (Lipinski definition) is 0. The van der Waals surface area contributed by atoms with Crippen molar-refractivity contribution in [2.75, 3.05) is 0 Å². The summed E-state index contributed by atoms with van der Waals surface area (Å²) in [6.45, 7) is 3.56. The van der Waals surface area contributed by atoms with Gasteiger partial charge in [-0.05, 0) is 6.33 Å². The zero-order chi connectivity index (χ0) is 7.84. The molecule has 0 bridgehead atoms. The molecule has 0 N–H and O–H groups in total. The van der Waals surface area contributed by atoms with Crippen molar-refractivity contribution >= 4 is 17.4 Å². The summed E-state index contributed by atoms with van der Waals surface area (Å²) in [7, 11) is 0. The van der Waals surface area contributed by atoms with E-state index in [0.717, 1.165) is 0 Å². The van der Waals surface area contributed by atoms with E-state index in [-0.39, 0.29) is 164 Å². The average molecular weight is 610 g/mol. The predicted molar refractivity (Wildman–Crippen MR) is 37.9 cm³/mol. The molecule has 71 valence electrons. The molecule has 4 nitrogen and oxygen atoms in total. The van der Waals surface area contributed by atoms with Crippen molar-refractivity contribution < 1.29 is 164 Å². The molecule has 0 saturated heterocycles. The van der Waals surface area contributed by atoms with Gasteiger partial charge < -0.3 is 27.5 Å². The molecule has 2 aromatic heterocycles. The van der Waals surface area contributed by atoms with Crippen molar-refractivity contribution in [3.05, 3.63) is 30.2 Å². The Morgan fingerprint density at radius 1 is 1.12 bits per heavy atom. The Kier molecular flexibility index (Phi) is 25.2. The van der Waals surface area contributed by atoms with Crippen LogP contribution < -0.4 is 0 Å². The minimum Gasteiger partial charge on any atom is -0.446 e. The standard InChI is InChI=1S/C6H2ClN4.5Y/c1-4-2-5(7)11-6(10-4)8-3-9-11;;;;;/h1H2;;;;;/q-3;;;;;. The van der Waals surface area contributed by atoms with Crippen LogP contribution in [0.15, 0.2) is 0 Å². The first-order valence-electron chi connectivity index (χ1n) is 2.81. The second-order valence-corrected chi connectivity index (χ2v) is 2.26. The van der Waals surface area contributed by atoms with Crippen LogP contribution in [0, 0.1) is 19.3 Å². The largest absolute Gasteiger partial charge is 0.446 e. The van der Waals surface area contributed by atoms with Gasteiger partial charge in [-0.25, -0.2) is 0 Å². The molecular formula is C6H2ClN4Y5-3. The smallest absolute Gasteiger partial charge is 0.0838 e. The van der Waals surface area contributed by atoms with Crippen molar-refractivity contribution in [2.24, 2.45) is 0 Å². The molecule has 2 rings (SSSR count). The van der Waals surface area contributed by atoms with E-state index in [4.69, 9.17) is 11.6 Å². The van der Waals surface area contributed by atoms with Crippen LogP contribution in [0.3, 0.4) is 0 Å². The summed E-state index contributed by atoms with van der Waals surface area (Å²) in [5.74, 6) is 0.388. The van der Waals surface area contributed by atoms with Crippen molar-refractivity contribution in [1.82, 2.24) is 19.6 Å². The van der Waals surface area contributed by atoms with Gasteiger partial charge in [0.05, 0.1) is 5.78 Å². The number of fused-ring (bicyclic) bond motifs is 1. The second kappa shape index (κ2) is 14.2. The van der Waals surface area contributed by atoms with Crippen molar-refractivity contribution in [1.29, 1.82) is 0 Å². The molecule has 0 saturated carbocycles. The van der Waals surface area contributed by atoms with Crippen LogP contribution in [0.5, 0.6) is 0 Å². The topological polar surface area (TPSA) is 43.1 Å². The molecule has 0 atom stereocenters. The SMILES string of the molecule is [CH2-]c1[c-]c(Cl)n2n[c-]nc2n1.[Y].[Y].[Y].[Y].[Y]. The van der Waals surface area contributed by atoms with E-state index in [9.17, 15) is 0 Å². The molecule has 0 unspecified atom stereocenters. The zero-order valence-corrected chi connectivity index (χ0v) is 23.2. The van der Waals surface area contributed by atoms with Crippen LogP contribution in [0.1, 0.15) is 5.69 Å². The van der Waals surface area contributed by atoms with Crippen molar-refractivity contribution in [3.8, 4) is 0 Å². The molecule has 5 radical (unpaired) electrons. The maximum atomic E-state index is 5.71. The summed E-state index contributed by atoms with van der Waals surface area (Å²) in [4.78, 5) is 7.62. The van der Waals surface area contributed by atoms with E-state index in [2.05, 4.69) is 34.4 Å². The van der Waals surface area contributed by atoms with Gasteiger partial charge in [0.2, 0.25) is 0 Å². The third-order valence-electron chi connectivity index (χ3n) is 1.15. The molecule has 0 aromatic carbocycles. The molecule has 2 aromatic rings.